The Hall–Kier alpha value is -2.24. The molecule has 1 saturated carbocycles. The maximum absolute atomic E-state index is 13.5. The van der Waals surface area contributed by atoms with E-state index in [1.807, 2.05) is 6.08 Å². The summed E-state index contributed by atoms with van der Waals surface area (Å²) in [5.41, 5.74) is 4.32. The van der Waals surface area contributed by atoms with Crippen molar-refractivity contribution in [3.8, 4) is 0 Å². The van der Waals surface area contributed by atoms with Gasteiger partial charge in [-0.25, -0.2) is 4.39 Å². The minimum absolute atomic E-state index is 0.0349. The molecule has 1 aromatic carbocycles. The van der Waals surface area contributed by atoms with Crippen molar-refractivity contribution in [3.05, 3.63) is 65.5 Å². The van der Waals surface area contributed by atoms with E-state index in [0.717, 1.165) is 29.6 Å². The molecule has 4 atom stereocenters. The number of aliphatic hydroxyl groups is 2. The number of fused-ring (bicyclic) bond motifs is 2. The Morgan fingerprint density at radius 3 is 2.55 bits per heavy atom. The quantitative estimate of drug-likeness (QED) is 0.567. The number of allylic oxidation sites excluding steroid dienone is 4. The van der Waals surface area contributed by atoms with E-state index in [4.69, 9.17) is 5.11 Å². The van der Waals surface area contributed by atoms with Gasteiger partial charge in [-0.2, -0.15) is 0 Å². The molecular formula is C24H29FO4. The van der Waals surface area contributed by atoms with Gasteiger partial charge in [0.1, 0.15) is 5.82 Å². The second-order valence-electron chi connectivity index (χ2n) is 8.65. The fourth-order valence-electron chi connectivity index (χ4n) is 4.92. The predicted octanol–water partition coefficient (Wildman–Crippen LogP) is 4.34. The van der Waals surface area contributed by atoms with Crippen molar-refractivity contribution in [1.29, 1.82) is 0 Å². The Bertz CT molecular complexity index is 852. The molecule has 2 aliphatic carbocycles. The van der Waals surface area contributed by atoms with Gasteiger partial charge in [-0.1, -0.05) is 50.3 Å². The largest absolute Gasteiger partial charge is 0.481 e. The van der Waals surface area contributed by atoms with E-state index >= 15 is 0 Å². The van der Waals surface area contributed by atoms with Crippen LogP contribution in [0.1, 0.15) is 45.1 Å². The van der Waals surface area contributed by atoms with Crippen LogP contribution in [0.4, 0.5) is 4.39 Å². The van der Waals surface area contributed by atoms with Gasteiger partial charge in [0.25, 0.3) is 0 Å². The van der Waals surface area contributed by atoms with E-state index in [0.29, 0.717) is 5.92 Å². The lowest BCUT2D eigenvalue weighted by Crippen LogP contribution is -2.25. The highest BCUT2D eigenvalue weighted by molar-refractivity contribution is 5.80. The highest BCUT2D eigenvalue weighted by atomic mass is 19.1. The third-order valence-electron chi connectivity index (χ3n) is 6.45. The van der Waals surface area contributed by atoms with Gasteiger partial charge >= 0.3 is 5.97 Å². The number of hydrogen-bond donors (Lipinski definition) is 3. The van der Waals surface area contributed by atoms with Gasteiger partial charge < -0.3 is 15.3 Å². The first-order chi connectivity index (χ1) is 13.6. The first-order valence-electron chi connectivity index (χ1n) is 10.1. The maximum atomic E-state index is 13.5. The maximum Gasteiger partial charge on any atom is 0.305 e. The molecule has 0 saturated heterocycles. The van der Waals surface area contributed by atoms with Gasteiger partial charge in [0.05, 0.1) is 18.6 Å². The SMILES string of the molecule is C=C1CC2(C(C)C)CC1C(c1ccc(F)cc1)=C2C=CC(O)CC(O)CC(=O)O. The third kappa shape index (κ3) is 4.21. The molecule has 4 nitrogen and oxygen atoms in total. The lowest BCUT2D eigenvalue weighted by atomic mass is 9.69. The van der Waals surface area contributed by atoms with E-state index in [2.05, 4.69) is 20.4 Å². The zero-order valence-electron chi connectivity index (χ0n) is 16.9. The van der Waals surface area contributed by atoms with Crippen LogP contribution in [0.25, 0.3) is 5.57 Å². The summed E-state index contributed by atoms with van der Waals surface area (Å²) in [5, 5.41) is 28.9. The number of hydrogen-bond acceptors (Lipinski definition) is 3. The van der Waals surface area contributed by atoms with Crippen LogP contribution in [0, 0.1) is 23.1 Å². The molecule has 0 aliphatic heterocycles. The van der Waals surface area contributed by atoms with Crippen LogP contribution in [0.15, 0.2) is 54.1 Å². The molecule has 1 aromatic rings. The number of aliphatic carboxylic acids is 1. The summed E-state index contributed by atoms with van der Waals surface area (Å²) in [6.07, 6.45) is 2.92. The standard InChI is InChI=1S/C24H29FO4/c1-14(2)24-12-15(3)20(13-24)23(16-4-6-17(25)7-5-16)21(24)9-8-18(26)10-19(27)11-22(28)29/h4-9,14,18-20,26-27H,3,10-13H2,1-2H3,(H,28,29). The average molecular weight is 400 g/mol. The van der Waals surface area contributed by atoms with Crippen LogP contribution >= 0.6 is 0 Å². The summed E-state index contributed by atoms with van der Waals surface area (Å²) in [6, 6.07) is 6.48. The van der Waals surface area contributed by atoms with E-state index in [1.54, 1.807) is 18.2 Å². The van der Waals surface area contributed by atoms with Crippen molar-refractivity contribution in [3.63, 3.8) is 0 Å². The molecule has 2 bridgehead atoms. The Morgan fingerprint density at radius 2 is 1.97 bits per heavy atom. The number of rotatable bonds is 8. The summed E-state index contributed by atoms with van der Waals surface area (Å²) < 4.78 is 13.5. The Kier molecular flexibility index (Phi) is 6.11. The number of carbonyl (C=O) groups is 1. The highest BCUT2D eigenvalue weighted by Gasteiger charge is 2.53. The monoisotopic (exact) mass is 400 g/mol. The molecule has 0 radical (unpaired) electrons. The fraction of sp³-hybridized carbons (Fsp3) is 0.458. The van der Waals surface area contributed by atoms with Crippen molar-refractivity contribution >= 4 is 11.5 Å². The topological polar surface area (TPSA) is 77.8 Å². The number of aliphatic hydroxyl groups excluding tert-OH is 2. The van der Waals surface area contributed by atoms with E-state index in [1.165, 1.54) is 17.7 Å². The van der Waals surface area contributed by atoms with Crippen molar-refractivity contribution < 1.29 is 24.5 Å². The first-order valence-corrected chi connectivity index (χ1v) is 10.1. The molecule has 0 amide bonds. The molecule has 0 heterocycles. The van der Waals surface area contributed by atoms with Crippen molar-refractivity contribution in [2.24, 2.45) is 17.3 Å². The third-order valence-corrected chi connectivity index (χ3v) is 6.45. The lowest BCUT2D eigenvalue weighted by molar-refractivity contribution is -0.139. The Balaban J connectivity index is 1.96. The van der Waals surface area contributed by atoms with Crippen LogP contribution in [0.2, 0.25) is 0 Å². The first kappa shape index (κ1) is 21.5. The molecule has 156 valence electrons. The molecule has 1 fully saturated rings. The van der Waals surface area contributed by atoms with Crippen LogP contribution in [-0.2, 0) is 4.79 Å². The van der Waals surface area contributed by atoms with Crippen molar-refractivity contribution in [2.45, 2.75) is 51.7 Å². The van der Waals surface area contributed by atoms with E-state index in [-0.39, 0.29) is 23.6 Å². The lowest BCUT2D eigenvalue weighted by Gasteiger charge is -2.35. The summed E-state index contributed by atoms with van der Waals surface area (Å²) in [5.74, 6) is -0.816. The van der Waals surface area contributed by atoms with Gasteiger partial charge in [-0.05, 0) is 47.6 Å². The molecule has 4 unspecified atom stereocenters. The number of carboxylic acid groups (broad SMARTS) is 1. The summed E-state index contributed by atoms with van der Waals surface area (Å²) >= 11 is 0. The van der Waals surface area contributed by atoms with Gasteiger partial charge in [-0.3, -0.25) is 4.79 Å². The molecule has 29 heavy (non-hydrogen) atoms. The smallest absolute Gasteiger partial charge is 0.305 e. The van der Waals surface area contributed by atoms with Crippen LogP contribution in [0.3, 0.4) is 0 Å². The Morgan fingerprint density at radius 1 is 1.31 bits per heavy atom. The molecule has 2 aliphatic rings. The van der Waals surface area contributed by atoms with Crippen molar-refractivity contribution in [2.75, 3.05) is 0 Å². The van der Waals surface area contributed by atoms with Crippen LogP contribution in [0.5, 0.6) is 0 Å². The van der Waals surface area contributed by atoms with Gasteiger partial charge in [-0.15, -0.1) is 0 Å². The minimum Gasteiger partial charge on any atom is -0.481 e. The van der Waals surface area contributed by atoms with E-state index in [9.17, 15) is 19.4 Å². The van der Waals surface area contributed by atoms with Gasteiger partial charge in [0, 0.05) is 17.8 Å². The molecule has 3 N–H and O–H groups in total. The highest BCUT2D eigenvalue weighted by Crippen LogP contribution is 2.65. The zero-order valence-corrected chi connectivity index (χ0v) is 16.9. The van der Waals surface area contributed by atoms with Gasteiger partial charge in [0.15, 0.2) is 0 Å². The number of halogens is 1. The molecule has 5 heteroatoms. The summed E-state index contributed by atoms with van der Waals surface area (Å²) in [4.78, 5) is 10.7. The van der Waals surface area contributed by atoms with Crippen LogP contribution < -0.4 is 0 Å². The fourth-order valence-corrected chi connectivity index (χ4v) is 4.92. The molecular weight excluding hydrogens is 371 g/mol. The van der Waals surface area contributed by atoms with Crippen LogP contribution in [-0.4, -0.2) is 33.5 Å². The normalized spacial score (nSPS) is 26.0. The number of benzene rings is 1. The second kappa shape index (κ2) is 8.25. The van der Waals surface area contributed by atoms with Gasteiger partial charge in [0.2, 0.25) is 0 Å². The zero-order chi connectivity index (χ0) is 21.3. The minimum atomic E-state index is -1.10. The summed E-state index contributed by atoms with van der Waals surface area (Å²) in [6.45, 7) is 8.65. The molecule has 3 rings (SSSR count). The number of carboxylic acids is 1. The van der Waals surface area contributed by atoms with Crippen molar-refractivity contribution in [1.82, 2.24) is 0 Å². The molecule has 0 aromatic heterocycles. The predicted molar refractivity (Wildman–Crippen MR) is 110 cm³/mol. The average Bonchev–Trinajstić information content (AvgIpc) is 3.13. The summed E-state index contributed by atoms with van der Waals surface area (Å²) in [7, 11) is 0. The Labute approximate surface area is 171 Å². The van der Waals surface area contributed by atoms with E-state index < -0.39 is 24.6 Å². The second-order valence-corrected chi connectivity index (χ2v) is 8.65. The molecule has 0 spiro atoms.